The molecule has 1 aliphatic carbocycles. The molecule has 2 bridgehead atoms. The van der Waals surface area contributed by atoms with Gasteiger partial charge in [0.05, 0.1) is 0 Å². The minimum atomic E-state index is 0.800. The van der Waals surface area contributed by atoms with Crippen LogP contribution in [0.25, 0.3) is 0 Å². The molecule has 0 aromatic carbocycles. The van der Waals surface area contributed by atoms with E-state index < -0.39 is 0 Å². The standard InChI is InChI=1S/C17H27N3S/c1-19-14-4-5-15(19)11-20(9-8-14)12-17-7-6-16(21-17)10-18-13-2-3-13/h6-7,13-15,18H,2-5,8-12H2,1H3. The van der Waals surface area contributed by atoms with Crippen molar-refractivity contribution in [1.82, 2.24) is 15.1 Å². The van der Waals surface area contributed by atoms with Crippen molar-refractivity contribution in [3.05, 3.63) is 21.9 Å². The van der Waals surface area contributed by atoms with Crippen LogP contribution in [-0.2, 0) is 13.1 Å². The van der Waals surface area contributed by atoms with Crippen LogP contribution in [0.4, 0.5) is 0 Å². The maximum Gasteiger partial charge on any atom is 0.0328 e. The highest BCUT2D eigenvalue weighted by Gasteiger charge is 2.34. The molecule has 0 amide bonds. The molecule has 1 saturated carbocycles. The number of hydrogen-bond donors (Lipinski definition) is 1. The summed E-state index contributed by atoms with van der Waals surface area (Å²) < 4.78 is 0. The molecule has 3 fully saturated rings. The molecule has 2 saturated heterocycles. The Bertz CT molecular complexity index is 482. The van der Waals surface area contributed by atoms with Gasteiger partial charge in [-0.25, -0.2) is 0 Å². The average molecular weight is 305 g/mol. The van der Waals surface area contributed by atoms with Gasteiger partial charge in [-0.15, -0.1) is 11.3 Å². The lowest BCUT2D eigenvalue weighted by molar-refractivity contribution is 0.215. The summed E-state index contributed by atoms with van der Waals surface area (Å²) in [5.74, 6) is 0. The molecule has 116 valence electrons. The van der Waals surface area contributed by atoms with Gasteiger partial charge in [-0.1, -0.05) is 0 Å². The van der Waals surface area contributed by atoms with Crippen LogP contribution in [0.3, 0.4) is 0 Å². The quantitative estimate of drug-likeness (QED) is 0.902. The van der Waals surface area contributed by atoms with E-state index in [1.54, 1.807) is 4.88 Å². The van der Waals surface area contributed by atoms with Gasteiger partial charge in [0, 0.05) is 54.1 Å². The Hall–Kier alpha value is -0.420. The molecule has 1 aromatic rings. The average Bonchev–Trinajstić information content (AvgIpc) is 3.12. The summed E-state index contributed by atoms with van der Waals surface area (Å²) in [5, 5.41) is 3.62. The van der Waals surface area contributed by atoms with Crippen molar-refractivity contribution in [3.63, 3.8) is 0 Å². The summed E-state index contributed by atoms with van der Waals surface area (Å²) in [6, 6.07) is 7.13. The van der Waals surface area contributed by atoms with Gasteiger partial charge in [0.2, 0.25) is 0 Å². The minimum absolute atomic E-state index is 0.800. The fourth-order valence-electron chi connectivity index (χ4n) is 3.88. The third-order valence-electron chi connectivity index (χ3n) is 5.47. The Morgan fingerprint density at radius 1 is 1.10 bits per heavy atom. The van der Waals surface area contributed by atoms with Crippen LogP contribution in [0.2, 0.25) is 0 Å². The summed E-state index contributed by atoms with van der Waals surface area (Å²) in [6.45, 7) is 4.77. The van der Waals surface area contributed by atoms with E-state index in [4.69, 9.17) is 0 Å². The molecule has 3 nitrogen and oxygen atoms in total. The summed E-state index contributed by atoms with van der Waals surface area (Å²) >= 11 is 2.01. The van der Waals surface area contributed by atoms with E-state index in [0.29, 0.717) is 0 Å². The molecule has 2 atom stereocenters. The van der Waals surface area contributed by atoms with Crippen molar-refractivity contribution in [2.45, 2.75) is 63.3 Å². The molecule has 4 rings (SSSR count). The van der Waals surface area contributed by atoms with Crippen molar-refractivity contribution < 1.29 is 0 Å². The van der Waals surface area contributed by atoms with Crippen molar-refractivity contribution >= 4 is 11.3 Å². The van der Waals surface area contributed by atoms with Crippen LogP contribution in [0.15, 0.2) is 12.1 Å². The first-order valence-electron chi connectivity index (χ1n) is 8.53. The largest absolute Gasteiger partial charge is 0.309 e. The Kier molecular flexibility index (Phi) is 4.05. The smallest absolute Gasteiger partial charge is 0.0328 e. The van der Waals surface area contributed by atoms with Gasteiger partial charge in [0.15, 0.2) is 0 Å². The van der Waals surface area contributed by atoms with Gasteiger partial charge >= 0.3 is 0 Å². The van der Waals surface area contributed by atoms with Gasteiger partial charge in [-0.2, -0.15) is 0 Å². The molecule has 0 radical (unpaired) electrons. The van der Waals surface area contributed by atoms with E-state index in [2.05, 4.69) is 34.3 Å². The normalized spacial score (nSPS) is 30.7. The highest BCUT2D eigenvalue weighted by molar-refractivity contribution is 7.11. The van der Waals surface area contributed by atoms with E-state index in [9.17, 15) is 0 Å². The first-order valence-corrected chi connectivity index (χ1v) is 9.35. The summed E-state index contributed by atoms with van der Waals surface area (Å²) in [4.78, 5) is 8.37. The maximum absolute atomic E-state index is 3.62. The van der Waals surface area contributed by atoms with E-state index in [0.717, 1.165) is 31.2 Å². The van der Waals surface area contributed by atoms with Crippen LogP contribution in [-0.4, -0.2) is 48.1 Å². The third kappa shape index (κ3) is 3.34. The topological polar surface area (TPSA) is 18.5 Å². The van der Waals surface area contributed by atoms with Crippen LogP contribution in [0, 0.1) is 0 Å². The summed E-state index contributed by atoms with van der Waals surface area (Å²) in [6.07, 6.45) is 6.93. The monoisotopic (exact) mass is 305 g/mol. The fraction of sp³-hybridized carbons (Fsp3) is 0.765. The first kappa shape index (κ1) is 14.2. The maximum atomic E-state index is 3.62. The number of fused-ring (bicyclic) bond motifs is 2. The molecule has 3 aliphatic rings. The van der Waals surface area contributed by atoms with Gasteiger partial charge < -0.3 is 5.32 Å². The van der Waals surface area contributed by atoms with Gasteiger partial charge in [-0.3, -0.25) is 9.80 Å². The Labute approximate surface area is 132 Å². The highest BCUT2D eigenvalue weighted by atomic mass is 32.1. The number of thiophene rings is 1. The highest BCUT2D eigenvalue weighted by Crippen LogP contribution is 2.30. The number of nitrogens with zero attached hydrogens (tertiary/aromatic N) is 2. The second kappa shape index (κ2) is 5.99. The van der Waals surface area contributed by atoms with Gasteiger partial charge in [0.25, 0.3) is 0 Å². The Balaban J connectivity index is 1.32. The fourth-order valence-corrected chi connectivity index (χ4v) is 4.89. The summed E-state index contributed by atoms with van der Waals surface area (Å²) in [7, 11) is 2.33. The molecular weight excluding hydrogens is 278 g/mol. The van der Waals surface area contributed by atoms with E-state index >= 15 is 0 Å². The summed E-state index contributed by atoms with van der Waals surface area (Å²) in [5.41, 5.74) is 0. The van der Waals surface area contributed by atoms with Gasteiger partial charge in [0.1, 0.15) is 0 Å². The van der Waals surface area contributed by atoms with Crippen molar-refractivity contribution in [2.75, 3.05) is 20.1 Å². The zero-order chi connectivity index (χ0) is 14.2. The second-order valence-corrected chi connectivity index (χ2v) is 8.35. The molecule has 0 spiro atoms. The van der Waals surface area contributed by atoms with Crippen molar-refractivity contribution in [3.8, 4) is 0 Å². The molecule has 2 unspecified atom stereocenters. The van der Waals surface area contributed by atoms with Crippen LogP contribution >= 0.6 is 11.3 Å². The predicted molar refractivity (Wildman–Crippen MR) is 88.6 cm³/mol. The molecule has 1 N–H and O–H groups in total. The number of likely N-dealkylation sites (tertiary alicyclic amines) is 1. The van der Waals surface area contributed by atoms with E-state index in [1.807, 2.05) is 11.3 Å². The SMILES string of the molecule is CN1C2CCC1CN(Cc1ccc(CNC3CC3)s1)CC2. The predicted octanol–water partition coefficient (Wildman–Crippen LogP) is 2.67. The first-order chi connectivity index (χ1) is 10.3. The lowest BCUT2D eigenvalue weighted by Crippen LogP contribution is -2.36. The molecule has 4 heteroatoms. The second-order valence-electron chi connectivity index (χ2n) is 7.10. The molecule has 2 aliphatic heterocycles. The lowest BCUT2D eigenvalue weighted by atomic mass is 10.1. The van der Waals surface area contributed by atoms with Crippen molar-refractivity contribution in [1.29, 1.82) is 0 Å². The number of likely N-dealkylation sites (N-methyl/N-ethyl adjacent to an activating group) is 1. The van der Waals surface area contributed by atoms with Crippen LogP contribution in [0.5, 0.6) is 0 Å². The molecular formula is C17H27N3S. The van der Waals surface area contributed by atoms with E-state index in [-0.39, 0.29) is 0 Å². The van der Waals surface area contributed by atoms with Crippen molar-refractivity contribution in [2.24, 2.45) is 0 Å². The Morgan fingerprint density at radius 3 is 2.76 bits per heavy atom. The third-order valence-corrected chi connectivity index (χ3v) is 6.54. The number of rotatable bonds is 5. The minimum Gasteiger partial charge on any atom is -0.309 e. The zero-order valence-corrected chi connectivity index (χ0v) is 13.9. The molecule has 3 heterocycles. The number of nitrogens with one attached hydrogen (secondary N) is 1. The van der Waals surface area contributed by atoms with E-state index in [1.165, 1.54) is 50.1 Å². The molecule has 21 heavy (non-hydrogen) atoms. The Morgan fingerprint density at radius 2 is 1.90 bits per heavy atom. The lowest BCUT2D eigenvalue weighted by Gasteiger charge is -2.25. The number of hydrogen-bond acceptors (Lipinski definition) is 4. The van der Waals surface area contributed by atoms with Crippen LogP contribution < -0.4 is 5.32 Å². The molecule has 1 aromatic heterocycles. The van der Waals surface area contributed by atoms with Gasteiger partial charge in [-0.05, 0) is 51.3 Å². The zero-order valence-electron chi connectivity index (χ0n) is 13.1. The van der Waals surface area contributed by atoms with Crippen LogP contribution in [0.1, 0.15) is 41.9 Å².